The second-order valence-corrected chi connectivity index (χ2v) is 8.08. The molecule has 31 heavy (non-hydrogen) atoms. The standard InChI is InChI=1S/C22H21F2N5O2/c1-13-7-8-17(29(13)21(23)24)19(30)28-10-9-22(18(28)14-11-25-27(2)12-14)15-5-3-4-6-16(15)26-20(22)31/h3-8,11-12,18,21H,9-10H2,1-2H3,(H,26,31)/t18-,22+/m0/s1. The molecule has 2 aliphatic heterocycles. The summed E-state index contributed by atoms with van der Waals surface area (Å²) in [6.07, 6.45) is 3.78. The number of benzene rings is 1. The van der Waals surface area contributed by atoms with Gasteiger partial charge in [0.1, 0.15) is 11.1 Å². The minimum Gasteiger partial charge on any atom is -0.329 e. The summed E-state index contributed by atoms with van der Waals surface area (Å²) in [6, 6.07) is 9.66. The van der Waals surface area contributed by atoms with Crippen molar-refractivity contribution in [1.29, 1.82) is 0 Å². The molecule has 9 heteroatoms. The van der Waals surface area contributed by atoms with E-state index in [1.54, 1.807) is 24.1 Å². The number of fused-ring (bicyclic) bond motifs is 2. The largest absolute Gasteiger partial charge is 0.329 e. The maximum atomic E-state index is 13.7. The van der Waals surface area contributed by atoms with Gasteiger partial charge in [-0.15, -0.1) is 0 Å². The molecule has 160 valence electrons. The van der Waals surface area contributed by atoms with E-state index in [4.69, 9.17) is 0 Å². The molecular weight excluding hydrogens is 404 g/mol. The highest BCUT2D eigenvalue weighted by atomic mass is 19.3. The molecule has 1 saturated heterocycles. The van der Waals surface area contributed by atoms with E-state index in [2.05, 4.69) is 10.4 Å². The molecule has 2 atom stereocenters. The lowest BCUT2D eigenvalue weighted by Crippen LogP contribution is -2.43. The Hall–Kier alpha value is -3.49. The molecule has 4 heterocycles. The molecule has 1 fully saturated rings. The number of aryl methyl sites for hydroxylation is 2. The Morgan fingerprint density at radius 2 is 2.03 bits per heavy atom. The van der Waals surface area contributed by atoms with Crippen LogP contribution < -0.4 is 5.32 Å². The molecule has 1 spiro atoms. The highest BCUT2D eigenvalue weighted by Crippen LogP contribution is 2.54. The van der Waals surface area contributed by atoms with E-state index in [0.29, 0.717) is 23.4 Å². The summed E-state index contributed by atoms with van der Waals surface area (Å²) in [5.41, 5.74) is 1.41. The van der Waals surface area contributed by atoms with E-state index in [1.165, 1.54) is 24.0 Å². The maximum absolute atomic E-state index is 13.7. The van der Waals surface area contributed by atoms with Gasteiger partial charge in [0.15, 0.2) is 0 Å². The quantitative estimate of drug-likeness (QED) is 0.699. The lowest BCUT2D eigenvalue weighted by atomic mass is 9.73. The third-order valence-electron chi connectivity index (χ3n) is 6.42. The van der Waals surface area contributed by atoms with Crippen LogP contribution in [0.3, 0.4) is 0 Å². The monoisotopic (exact) mass is 425 g/mol. The van der Waals surface area contributed by atoms with Gasteiger partial charge in [0.2, 0.25) is 5.91 Å². The average molecular weight is 425 g/mol. The van der Waals surface area contributed by atoms with Crippen molar-refractivity contribution < 1.29 is 18.4 Å². The maximum Gasteiger partial charge on any atom is 0.319 e. The van der Waals surface area contributed by atoms with Crippen LogP contribution in [0, 0.1) is 6.92 Å². The second kappa shape index (κ2) is 6.76. The summed E-state index contributed by atoms with van der Waals surface area (Å²) in [5.74, 6) is -0.727. The molecule has 0 unspecified atom stereocenters. The molecule has 2 aliphatic rings. The fourth-order valence-corrected chi connectivity index (χ4v) is 5.08. The first kappa shape index (κ1) is 19.5. The van der Waals surface area contributed by atoms with Crippen molar-refractivity contribution in [2.75, 3.05) is 11.9 Å². The smallest absolute Gasteiger partial charge is 0.319 e. The number of hydrogen-bond donors (Lipinski definition) is 1. The summed E-state index contributed by atoms with van der Waals surface area (Å²) in [4.78, 5) is 28.4. The molecule has 0 saturated carbocycles. The zero-order valence-electron chi connectivity index (χ0n) is 17.0. The summed E-state index contributed by atoms with van der Waals surface area (Å²) >= 11 is 0. The van der Waals surface area contributed by atoms with Crippen LogP contribution in [0.5, 0.6) is 0 Å². The fourth-order valence-electron chi connectivity index (χ4n) is 5.08. The average Bonchev–Trinajstić information content (AvgIpc) is 3.48. The first-order chi connectivity index (χ1) is 14.8. The van der Waals surface area contributed by atoms with Crippen molar-refractivity contribution in [2.24, 2.45) is 7.05 Å². The van der Waals surface area contributed by atoms with Gasteiger partial charge in [-0.1, -0.05) is 18.2 Å². The van der Waals surface area contributed by atoms with Crippen LogP contribution in [-0.2, 0) is 17.3 Å². The first-order valence-corrected chi connectivity index (χ1v) is 10.0. The van der Waals surface area contributed by atoms with Crippen molar-refractivity contribution in [3.8, 4) is 0 Å². The van der Waals surface area contributed by atoms with Crippen LogP contribution in [0.15, 0.2) is 48.8 Å². The summed E-state index contributed by atoms with van der Waals surface area (Å²) < 4.78 is 29.7. The summed E-state index contributed by atoms with van der Waals surface area (Å²) in [5, 5.41) is 7.18. The van der Waals surface area contributed by atoms with Gasteiger partial charge < -0.3 is 10.2 Å². The van der Waals surface area contributed by atoms with Crippen molar-refractivity contribution in [1.82, 2.24) is 19.2 Å². The van der Waals surface area contributed by atoms with Gasteiger partial charge in [0.05, 0.1) is 12.2 Å². The number of carbonyl (C=O) groups is 2. The third-order valence-corrected chi connectivity index (χ3v) is 6.42. The third kappa shape index (κ3) is 2.65. The molecule has 2 amide bonds. The van der Waals surface area contributed by atoms with E-state index < -0.39 is 23.9 Å². The predicted octanol–water partition coefficient (Wildman–Crippen LogP) is 3.40. The minimum absolute atomic E-state index is 0.0925. The molecule has 0 bridgehead atoms. The lowest BCUT2D eigenvalue weighted by molar-refractivity contribution is -0.121. The Bertz CT molecular complexity index is 1200. The Balaban J connectivity index is 1.66. The molecule has 0 radical (unpaired) electrons. The molecule has 1 aromatic carbocycles. The van der Waals surface area contributed by atoms with Gasteiger partial charge in [-0.2, -0.15) is 13.9 Å². The SMILES string of the molecule is Cc1ccc(C(=O)N2CC[C@]3(C(=O)Nc4ccccc43)[C@@H]2c2cnn(C)c2)n1C(F)F. The fraction of sp³-hybridized carbons (Fsp3) is 0.318. The van der Waals surface area contributed by atoms with Crippen LogP contribution in [0.2, 0.25) is 0 Å². The number of likely N-dealkylation sites (tertiary alicyclic amines) is 1. The van der Waals surface area contributed by atoms with Gasteiger partial charge in [-0.25, -0.2) is 0 Å². The van der Waals surface area contributed by atoms with Crippen LogP contribution >= 0.6 is 0 Å². The van der Waals surface area contributed by atoms with Gasteiger partial charge >= 0.3 is 6.55 Å². The van der Waals surface area contributed by atoms with E-state index in [0.717, 1.165) is 10.1 Å². The Labute approximate surface area is 177 Å². The molecule has 1 N–H and O–H groups in total. The van der Waals surface area contributed by atoms with Crippen LogP contribution in [-0.4, -0.2) is 37.6 Å². The minimum atomic E-state index is -2.84. The number of para-hydroxylation sites is 1. The number of nitrogens with one attached hydrogen (secondary N) is 1. The lowest BCUT2D eigenvalue weighted by Gasteiger charge is -2.33. The molecular formula is C22H21F2N5O2. The Morgan fingerprint density at radius 1 is 1.26 bits per heavy atom. The Kier molecular flexibility index (Phi) is 4.25. The number of anilines is 1. The zero-order chi connectivity index (χ0) is 21.9. The number of hydrogen-bond acceptors (Lipinski definition) is 3. The Morgan fingerprint density at radius 3 is 2.74 bits per heavy atom. The van der Waals surface area contributed by atoms with E-state index in [-0.39, 0.29) is 18.1 Å². The molecule has 7 nitrogen and oxygen atoms in total. The first-order valence-electron chi connectivity index (χ1n) is 10.0. The van der Waals surface area contributed by atoms with Gasteiger partial charge in [0, 0.05) is 36.7 Å². The van der Waals surface area contributed by atoms with E-state index >= 15 is 0 Å². The number of nitrogens with zero attached hydrogens (tertiary/aromatic N) is 4. The topological polar surface area (TPSA) is 72.2 Å². The van der Waals surface area contributed by atoms with Crippen molar-refractivity contribution in [2.45, 2.75) is 31.4 Å². The van der Waals surface area contributed by atoms with Crippen molar-refractivity contribution >= 4 is 17.5 Å². The number of halogens is 2. The molecule has 3 aromatic rings. The van der Waals surface area contributed by atoms with Gasteiger partial charge in [-0.05, 0) is 37.1 Å². The normalized spacial score (nSPS) is 22.4. The van der Waals surface area contributed by atoms with Crippen LogP contribution in [0.25, 0.3) is 0 Å². The number of alkyl halides is 2. The number of rotatable bonds is 3. The molecule has 0 aliphatic carbocycles. The van der Waals surface area contributed by atoms with Crippen LogP contribution in [0.4, 0.5) is 14.5 Å². The summed E-state index contributed by atoms with van der Waals surface area (Å²) in [6.45, 7) is -1.04. The molecule has 5 rings (SSSR count). The highest BCUT2D eigenvalue weighted by Gasteiger charge is 2.59. The van der Waals surface area contributed by atoms with Crippen molar-refractivity contribution in [3.63, 3.8) is 0 Å². The van der Waals surface area contributed by atoms with Crippen molar-refractivity contribution in [3.05, 3.63) is 71.3 Å². The van der Waals surface area contributed by atoms with Gasteiger partial charge in [0.25, 0.3) is 5.91 Å². The summed E-state index contributed by atoms with van der Waals surface area (Å²) in [7, 11) is 1.76. The molecule has 2 aromatic heterocycles. The highest BCUT2D eigenvalue weighted by molar-refractivity contribution is 6.08. The number of aromatic nitrogens is 3. The van der Waals surface area contributed by atoms with E-state index in [9.17, 15) is 18.4 Å². The van der Waals surface area contributed by atoms with E-state index in [1.807, 2.05) is 24.3 Å². The van der Waals surface area contributed by atoms with Gasteiger partial charge in [-0.3, -0.25) is 18.8 Å². The van der Waals surface area contributed by atoms with Crippen LogP contribution in [0.1, 0.15) is 46.3 Å². The number of amides is 2. The zero-order valence-corrected chi connectivity index (χ0v) is 17.0. The number of carbonyl (C=O) groups excluding carboxylic acids is 2. The predicted molar refractivity (Wildman–Crippen MR) is 109 cm³/mol. The second-order valence-electron chi connectivity index (χ2n) is 8.08.